The van der Waals surface area contributed by atoms with Crippen LogP contribution in [-0.4, -0.2) is 22.3 Å². The van der Waals surface area contributed by atoms with Gasteiger partial charge in [-0.05, 0) is 73.1 Å². The van der Waals surface area contributed by atoms with Crippen LogP contribution in [0, 0.1) is 11.3 Å². The molecule has 3 unspecified atom stereocenters. The Morgan fingerprint density at radius 1 is 1.05 bits per heavy atom. The van der Waals surface area contributed by atoms with E-state index in [9.17, 15) is 23.4 Å². The van der Waals surface area contributed by atoms with Gasteiger partial charge < -0.3 is 14.9 Å². The van der Waals surface area contributed by atoms with Gasteiger partial charge in [0.2, 0.25) is 0 Å². The predicted molar refractivity (Wildman–Crippen MR) is 149 cm³/mol. The highest BCUT2D eigenvalue weighted by molar-refractivity contribution is 5.50. The summed E-state index contributed by atoms with van der Waals surface area (Å²) in [7, 11) is 1.58. The molecule has 0 radical (unpaired) electrons. The number of fused-ring (bicyclic) bond motifs is 1. The molecule has 0 spiro atoms. The highest BCUT2D eigenvalue weighted by Gasteiger charge is 2.40. The molecule has 4 nitrogen and oxygen atoms in total. The van der Waals surface area contributed by atoms with Crippen LogP contribution in [0.4, 0.5) is 13.2 Å². The number of benzene rings is 1. The maximum Gasteiger partial charge on any atom is 0.416 e. The van der Waals surface area contributed by atoms with Gasteiger partial charge in [0.15, 0.2) is 0 Å². The van der Waals surface area contributed by atoms with Crippen LogP contribution in [0.2, 0.25) is 0 Å². The van der Waals surface area contributed by atoms with Crippen molar-refractivity contribution in [2.75, 3.05) is 7.11 Å². The van der Waals surface area contributed by atoms with E-state index in [1.807, 2.05) is 6.92 Å². The third kappa shape index (κ3) is 7.42. The second kappa shape index (κ2) is 12.7. The summed E-state index contributed by atoms with van der Waals surface area (Å²) in [6.45, 7) is 12.7. The first kappa shape index (κ1) is 31.6. The second-order valence-electron chi connectivity index (χ2n) is 12.4. The van der Waals surface area contributed by atoms with Gasteiger partial charge in [0.1, 0.15) is 6.10 Å². The fourth-order valence-electron chi connectivity index (χ4n) is 5.75. The zero-order valence-electron chi connectivity index (χ0n) is 24.5. The van der Waals surface area contributed by atoms with Crippen LogP contribution in [0.25, 0.3) is 0 Å². The molecule has 0 aliphatic heterocycles. The van der Waals surface area contributed by atoms with Gasteiger partial charge >= 0.3 is 6.18 Å². The zero-order chi connectivity index (χ0) is 29.1. The lowest BCUT2D eigenvalue weighted by molar-refractivity contribution is -0.137. The summed E-state index contributed by atoms with van der Waals surface area (Å²) in [5.41, 5.74) is 3.24. The zero-order valence-corrected chi connectivity index (χ0v) is 24.5. The number of aliphatic hydroxyl groups excluding tert-OH is 2. The predicted octanol–water partition coefficient (Wildman–Crippen LogP) is 8.61. The average molecular weight is 550 g/mol. The average Bonchev–Trinajstić information content (AvgIpc) is 3.40. The topological polar surface area (TPSA) is 62.6 Å². The van der Waals surface area contributed by atoms with Crippen LogP contribution >= 0.6 is 0 Å². The number of hydrogen-bond donors (Lipinski definition) is 2. The number of ether oxygens (including phenoxy) is 1. The second-order valence-corrected chi connectivity index (χ2v) is 12.4. The summed E-state index contributed by atoms with van der Waals surface area (Å²) in [5, 5.41) is 22.8. The molecule has 7 heteroatoms. The minimum absolute atomic E-state index is 0.118. The van der Waals surface area contributed by atoms with Crippen LogP contribution in [0.15, 0.2) is 24.3 Å². The smallest absolute Gasteiger partial charge is 0.388 e. The van der Waals surface area contributed by atoms with Gasteiger partial charge in [-0.25, -0.2) is 0 Å². The number of rotatable bonds is 6. The van der Waals surface area contributed by atoms with Crippen molar-refractivity contribution in [2.24, 2.45) is 11.3 Å². The van der Waals surface area contributed by atoms with Crippen LogP contribution in [0.5, 0.6) is 0 Å². The first-order valence-corrected chi connectivity index (χ1v) is 14.3. The van der Waals surface area contributed by atoms with Gasteiger partial charge in [-0.2, -0.15) is 13.2 Å². The van der Waals surface area contributed by atoms with Crippen molar-refractivity contribution in [2.45, 2.75) is 117 Å². The summed E-state index contributed by atoms with van der Waals surface area (Å²) in [6, 6.07) is 4.64. The van der Waals surface area contributed by atoms with Gasteiger partial charge in [0, 0.05) is 23.9 Å². The van der Waals surface area contributed by atoms with E-state index in [-0.39, 0.29) is 11.3 Å². The third-order valence-electron chi connectivity index (χ3n) is 8.29. The number of pyridine rings is 1. The standard InChI is InChI=1S/C27H34F3NO3.C5H12/c1-15(34-4)24-23(25(33)17-9-11-18(12-10-17)27(28,29)30)21(16-7-5-6-8-16)22-19(31-24)13-26(2,3)14-20(22)32;1-4-5(2)3/h9-12,15-16,20,25,32-33H,5-8,13-14H2,1-4H3;5H,4H2,1-3H3. The number of hydrogen-bond acceptors (Lipinski definition) is 4. The molecular weight excluding hydrogens is 503 g/mol. The summed E-state index contributed by atoms with van der Waals surface area (Å²) in [4.78, 5) is 4.94. The third-order valence-corrected chi connectivity index (χ3v) is 8.29. The van der Waals surface area contributed by atoms with Crippen LogP contribution in [-0.2, 0) is 17.3 Å². The lowest BCUT2D eigenvalue weighted by Crippen LogP contribution is -2.30. The highest BCUT2D eigenvalue weighted by atomic mass is 19.4. The molecule has 2 aliphatic carbocycles. The van der Waals surface area contributed by atoms with Gasteiger partial charge in [-0.1, -0.05) is 66.0 Å². The summed E-state index contributed by atoms with van der Waals surface area (Å²) < 4.78 is 44.9. The minimum atomic E-state index is -4.45. The molecule has 39 heavy (non-hydrogen) atoms. The molecular formula is C32H46F3NO3. The number of nitrogens with zero attached hydrogens (tertiary/aromatic N) is 1. The molecule has 0 saturated heterocycles. The molecule has 1 fully saturated rings. The molecule has 1 aromatic carbocycles. The highest BCUT2D eigenvalue weighted by Crippen LogP contribution is 2.50. The number of aliphatic hydroxyl groups is 2. The molecule has 0 bridgehead atoms. The first-order chi connectivity index (χ1) is 18.2. The normalized spacial score (nSPS) is 20.8. The van der Waals surface area contributed by atoms with E-state index in [4.69, 9.17) is 9.72 Å². The lowest BCUT2D eigenvalue weighted by Gasteiger charge is -2.38. The quantitative estimate of drug-likeness (QED) is 0.379. The van der Waals surface area contributed by atoms with E-state index in [1.165, 1.54) is 18.6 Å². The molecule has 1 aromatic heterocycles. The maximum absolute atomic E-state index is 13.1. The van der Waals surface area contributed by atoms with Crippen molar-refractivity contribution < 1.29 is 28.1 Å². The fraction of sp³-hybridized carbons (Fsp3) is 0.656. The van der Waals surface area contributed by atoms with Crippen molar-refractivity contribution >= 4 is 0 Å². The van der Waals surface area contributed by atoms with Crippen molar-refractivity contribution in [3.63, 3.8) is 0 Å². The van der Waals surface area contributed by atoms with Crippen molar-refractivity contribution in [1.29, 1.82) is 0 Å². The molecule has 2 aromatic rings. The van der Waals surface area contributed by atoms with E-state index >= 15 is 0 Å². The Kier molecular flexibility index (Phi) is 10.3. The van der Waals surface area contributed by atoms with Gasteiger partial charge in [0.05, 0.1) is 23.5 Å². The van der Waals surface area contributed by atoms with Crippen molar-refractivity contribution in [3.8, 4) is 0 Å². The summed E-state index contributed by atoms with van der Waals surface area (Å²) >= 11 is 0. The van der Waals surface area contributed by atoms with E-state index in [0.29, 0.717) is 29.7 Å². The largest absolute Gasteiger partial charge is 0.416 e. The van der Waals surface area contributed by atoms with Gasteiger partial charge in [-0.3, -0.25) is 4.98 Å². The molecule has 2 aliphatic rings. The summed E-state index contributed by atoms with van der Waals surface area (Å²) in [5.74, 6) is 1.05. The number of alkyl halides is 3. The van der Waals surface area contributed by atoms with Crippen LogP contribution in [0.3, 0.4) is 0 Å². The summed E-state index contributed by atoms with van der Waals surface area (Å²) in [6.07, 6.45) is -0.124. The lowest BCUT2D eigenvalue weighted by atomic mass is 9.70. The first-order valence-electron chi connectivity index (χ1n) is 14.3. The molecule has 0 amide bonds. The molecule has 218 valence electrons. The Morgan fingerprint density at radius 3 is 2.10 bits per heavy atom. The molecule has 3 atom stereocenters. The fourth-order valence-corrected chi connectivity index (χ4v) is 5.75. The Morgan fingerprint density at radius 2 is 1.62 bits per heavy atom. The van der Waals surface area contributed by atoms with E-state index < -0.39 is 30.1 Å². The van der Waals surface area contributed by atoms with Crippen LogP contribution < -0.4 is 0 Å². The number of halogens is 3. The Balaban J connectivity index is 0.000000771. The van der Waals surface area contributed by atoms with Gasteiger partial charge in [-0.15, -0.1) is 0 Å². The number of aromatic nitrogens is 1. The molecule has 1 heterocycles. The monoisotopic (exact) mass is 549 g/mol. The SMILES string of the molecule is CCC(C)C.COC(C)c1nc2c(c(C3CCCC3)c1C(O)c1ccc(C(F)(F)F)cc1)C(O)CC(C)(C)C2. The Hall–Kier alpha value is -1.96. The van der Waals surface area contributed by atoms with Crippen LogP contribution in [0.1, 0.15) is 144 Å². The van der Waals surface area contributed by atoms with E-state index in [0.717, 1.165) is 60.6 Å². The van der Waals surface area contributed by atoms with Gasteiger partial charge in [0.25, 0.3) is 0 Å². The van der Waals surface area contributed by atoms with E-state index in [1.54, 1.807) is 7.11 Å². The van der Waals surface area contributed by atoms with Crippen molar-refractivity contribution in [1.82, 2.24) is 4.98 Å². The molecule has 2 N–H and O–H groups in total. The van der Waals surface area contributed by atoms with E-state index in [2.05, 4.69) is 34.6 Å². The Bertz CT molecular complexity index is 1090. The molecule has 4 rings (SSSR count). The van der Waals surface area contributed by atoms with Crippen molar-refractivity contribution in [3.05, 3.63) is 63.5 Å². The molecule has 1 saturated carbocycles. The Labute approximate surface area is 232 Å². The number of methoxy groups -OCH3 is 1. The minimum Gasteiger partial charge on any atom is -0.388 e. The maximum atomic E-state index is 13.1.